The molecule has 15 heavy (non-hydrogen) atoms. The molecule has 0 atom stereocenters. The van der Waals surface area contributed by atoms with Crippen molar-refractivity contribution in [3.05, 3.63) is 29.7 Å². The molecule has 0 aliphatic heterocycles. The van der Waals surface area contributed by atoms with E-state index in [0.717, 1.165) is 17.0 Å². The summed E-state index contributed by atoms with van der Waals surface area (Å²) < 4.78 is 0. The summed E-state index contributed by atoms with van der Waals surface area (Å²) in [6.07, 6.45) is 5.27. The molecular weight excluding hydrogens is 186 g/mol. The van der Waals surface area contributed by atoms with Crippen molar-refractivity contribution in [3.63, 3.8) is 0 Å². The molecule has 0 radical (unpaired) electrons. The minimum Gasteiger partial charge on any atom is -0.402 e. The first kappa shape index (κ1) is 15.9. The van der Waals surface area contributed by atoms with Crippen LogP contribution >= 0.6 is 0 Å². The van der Waals surface area contributed by atoms with E-state index >= 15 is 0 Å². The highest BCUT2D eigenvalue weighted by molar-refractivity contribution is 5.61. The second-order valence-electron chi connectivity index (χ2n) is 2.33. The van der Waals surface area contributed by atoms with Gasteiger partial charge in [0, 0.05) is 11.3 Å². The van der Waals surface area contributed by atoms with Gasteiger partial charge in [0.2, 0.25) is 0 Å². The first-order valence-corrected chi connectivity index (χ1v) is 5.33. The molecular formula is C12H23N3. The maximum Gasteiger partial charge on any atom is 0.0667 e. The minimum absolute atomic E-state index is 0.748. The van der Waals surface area contributed by atoms with Gasteiger partial charge in [-0.2, -0.15) is 5.10 Å². The van der Waals surface area contributed by atoms with Gasteiger partial charge < -0.3 is 5.73 Å². The molecule has 0 aliphatic rings. The van der Waals surface area contributed by atoms with Crippen LogP contribution in [-0.2, 0) is 0 Å². The number of nitrogens with two attached hydrogens (primary N) is 1. The third kappa shape index (κ3) is 6.55. The van der Waals surface area contributed by atoms with Crippen LogP contribution in [0, 0.1) is 0 Å². The monoisotopic (exact) mass is 209 g/mol. The lowest BCUT2D eigenvalue weighted by Crippen LogP contribution is -1.90. The average Bonchev–Trinajstić information content (AvgIpc) is 2.70. The molecule has 0 aliphatic carbocycles. The van der Waals surface area contributed by atoms with Crippen LogP contribution in [0.3, 0.4) is 0 Å². The van der Waals surface area contributed by atoms with Crippen LogP contribution in [0.5, 0.6) is 0 Å². The summed E-state index contributed by atoms with van der Waals surface area (Å²) in [4.78, 5) is 0. The van der Waals surface area contributed by atoms with Crippen LogP contribution in [0.2, 0.25) is 0 Å². The zero-order valence-corrected chi connectivity index (χ0v) is 10.5. The molecule has 1 heterocycles. The van der Waals surface area contributed by atoms with E-state index in [-0.39, 0.29) is 0 Å². The Morgan fingerprint density at radius 2 is 1.93 bits per heavy atom. The Balaban J connectivity index is 0. The molecule has 1 aromatic rings. The SMILES string of the molecule is C=Cc1cn[nH]c1/C=C(\C)N.CC.CC. The molecule has 3 N–H and O–H groups in total. The van der Waals surface area contributed by atoms with Crippen molar-refractivity contribution in [2.24, 2.45) is 5.73 Å². The number of H-pyrrole nitrogens is 1. The Bertz CT molecular complexity index is 281. The van der Waals surface area contributed by atoms with Gasteiger partial charge in [-0.25, -0.2) is 0 Å². The van der Waals surface area contributed by atoms with Gasteiger partial charge in [-0.1, -0.05) is 40.3 Å². The van der Waals surface area contributed by atoms with Crippen molar-refractivity contribution in [2.45, 2.75) is 34.6 Å². The Morgan fingerprint density at radius 1 is 1.40 bits per heavy atom. The number of nitrogens with zero attached hydrogens (tertiary/aromatic N) is 1. The third-order valence-electron chi connectivity index (χ3n) is 1.29. The molecule has 0 aromatic carbocycles. The summed E-state index contributed by atoms with van der Waals surface area (Å²) in [7, 11) is 0. The number of nitrogens with one attached hydrogen (secondary N) is 1. The lowest BCUT2D eigenvalue weighted by molar-refractivity contribution is 1.08. The maximum atomic E-state index is 5.49. The number of allylic oxidation sites excluding steroid dienone is 1. The van der Waals surface area contributed by atoms with E-state index in [2.05, 4.69) is 16.8 Å². The second kappa shape index (κ2) is 10.6. The Kier molecular flexibility index (Phi) is 11.2. The highest BCUT2D eigenvalue weighted by Gasteiger charge is 1.96. The molecule has 86 valence electrons. The van der Waals surface area contributed by atoms with E-state index in [1.807, 2.05) is 40.7 Å². The molecule has 0 bridgehead atoms. The van der Waals surface area contributed by atoms with Crippen LogP contribution in [0.1, 0.15) is 45.9 Å². The summed E-state index contributed by atoms with van der Waals surface area (Å²) >= 11 is 0. The van der Waals surface area contributed by atoms with Gasteiger partial charge >= 0.3 is 0 Å². The highest BCUT2D eigenvalue weighted by Crippen LogP contribution is 2.08. The normalized spacial score (nSPS) is 9.27. The van der Waals surface area contributed by atoms with Crippen molar-refractivity contribution >= 4 is 12.2 Å². The lowest BCUT2D eigenvalue weighted by atomic mass is 10.2. The van der Waals surface area contributed by atoms with Crippen molar-refractivity contribution < 1.29 is 0 Å². The Labute approximate surface area is 93.1 Å². The van der Waals surface area contributed by atoms with Crippen molar-refractivity contribution in [3.8, 4) is 0 Å². The van der Waals surface area contributed by atoms with Crippen LogP contribution in [-0.4, -0.2) is 10.2 Å². The molecule has 3 heteroatoms. The summed E-state index contributed by atoms with van der Waals surface area (Å²) in [6, 6.07) is 0. The van der Waals surface area contributed by atoms with E-state index < -0.39 is 0 Å². The predicted octanol–water partition coefficient (Wildman–Crippen LogP) is 3.42. The smallest absolute Gasteiger partial charge is 0.0667 e. The maximum absolute atomic E-state index is 5.49. The van der Waals surface area contributed by atoms with Gasteiger partial charge in [-0.05, 0) is 13.0 Å². The fourth-order valence-corrected chi connectivity index (χ4v) is 0.811. The molecule has 0 spiro atoms. The van der Waals surface area contributed by atoms with E-state index in [9.17, 15) is 0 Å². The van der Waals surface area contributed by atoms with Gasteiger partial charge in [0.25, 0.3) is 0 Å². The van der Waals surface area contributed by atoms with Gasteiger partial charge in [0.05, 0.1) is 11.9 Å². The van der Waals surface area contributed by atoms with Gasteiger partial charge in [0.15, 0.2) is 0 Å². The minimum atomic E-state index is 0.748. The van der Waals surface area contributed by atoms with Crippen molar-refractivity contribution in [1.82, 2.24) is 10.2 Å². The Hall–Kier alpha value is -1.51. The summed E-state index contributed by atoms with van der Waals surface area (Å²) in [5.41, 5.74) is 8.10. The number of aromatic nitrogens is 2. The summed E-state index contributed by atoms with van der Waals surface area (Å²) in [6.45, 7) is 13.5. The van der Waals surface area contributed by atoms with E-state index in [1.54, 1.807) is 12.3 Å². The number of rotatable bonds is 2. The molecule has 0 amide bonds. The first-order chi connectivity index (χ1) is 7.24. The number of aromatic amines is 1. The van der Waals surface area contributed by atoms with E-state index in [0.29, 0.717) is 0 Å². The first-order valence-electron chi connectivity index (χ1n) is 5.33. The second-order valence-corrected chi connectivity index (χ2v) is 2.33. The molecule has 0 saturated heterocycles. The van der Waals surface area contributed by atoms with Crippen LogP contribution in [0.25, 0.3) is 12.2 Å². The number of hydrogen-bond acceptors (Lipinski definition) is 2. The topological polar surface area (TPSA) is 54.7 Å². The molecule has 0 saturated carbocycles. The summed E-state index contributed by atoms with van der Waals surface area (Å²) in [5.74, 6) is 0. The zero-order valence-electron chi connectivity index (χ0n) is 10.5. The van der Waals surface area contributed by atoms with Crippen LogP contribution < -0.4 is 5.73 Å². The quantitative estimate of drug-likeness (QED) is 0.784. The molecule has 0 unspecified atom stereocenters. The van der Waals surface area contributed by atoms with Crippen molar-refractivity contribution in [1.29, 1.82) is 0 Å². The predicted molar refractivity (Wildman–Crippen MR) is 69.2 cm³/mol. The van der Waals surface area contributed by atoms with Gasteiger partial charge in [-0.15, -0.1) is 0 Å². The van der Waals surface area contributed by atoms with E-state index in [4.69, 9.17) is 5.73 Å². The zero-order chi connectivity index (χ0) is 12.3. The molecule has 3 nitrogen and oxygen atoms in total. The van der Waals surface area contributed by atoms with Crippen molar-refractivity contribution in [2.75, 3.05) is 0 Å². The van der Waals surface area contributed by atoms with Crippen LogP contribution in [0.4, 0.5) is 0 Å². The van der Waals surface area contributed by atoms with Gasteiger partial charge in [0.1, 0.15) is 0 Å². The fraction of sp³-hybridized carbons (Fsp3) is 0.417. The Morgan fingerprint density at radius 3 is 2.33 bits per heavy atom. The van der Waals surface area contributed by atoms with E-state index in [1.165, 1.54) is 0 Å². The molecule has 1 aromatic heterocycles. The molecule has 1 rings (SSSR count). The number of hydrogen-bond donors (Lipinski definition) is 2. The fourth-order valence-electron chi connectivity index (χ4n) is 0.811. The highest BCUT2D eigenvalue weighted by atomic mass is 15.1. The largest absolute Gasteiger partial charge is 0.402 e. The van der Waals surface area contributed by atoms with Crippen LogP contribution in [0.15, 0.2) is 18.5 Å². The third-order valence-corrected chi connectivity index (χ3v) is 1.29. The summed E-state index contributed by atoms with van der Waals surface area (Å²) in [5, 5.41) is 6.66. The lowest BCUT2D eigenvalue weighted by Gasteiger charge is -1.90. The standard InChI is InChI=1S/C8H11N3.2C2H6/c1-3-7-5-10-11-8(7)4-6(2)9;2*1-2/h3-5H,1,9H2,2H3,(H,10,11);2*1-2H3/b6-4+;;. The molecule has 0 fully saturated rings. The van der Waals surface area contributed by atoms with Gasteiger partial charge in [-0.3, -0.25) is 5.10 Å². The average molecular weight is 209 g/mol.